The van der Waals surface area contributed by atoms with E-state index < -0.39 is 15.4 Å². The van der Waals surface area contributed by atoms with Crippen molar-refractivity contribution in [1.29, 1.82) is 0 Å². The number of hydrogen-bond donors (Lipinski definition) is 0. The van der Waals surface area contributed by atoms with Gasteiger partial charge in [0.05, 0.1) is 28.9 Å². The summed E-state index contributed by atoms with van der Waals surface area (Å²) in [4.78, 5) is 2.09. The molecule has 0 atom stereocenters. The summed E-state index contributed by atoms with van der Waals surface area (Å²) in [5.41, 5.74) is 1.40. The summed E-state index contributed by atoms with van der Waals surface area (Å²) in [5, 5.41) is 8.69. The summed E-state index contributed by atoms with van der Waals surface area (Å²) in [6, 6.07) is 6.55. The molecule has 2 aliphatic rings. The van der Waals surface area contributed by atoms with Crippen LogP contribution in [0.25, 0.3) is 0 Å². The van der Waals surface area contributed by atoms with Crippen molar-refractivity contribution in [1.82, 2.24) is 19.9 Å². The number of sulfone groups is 1. The lowest BCUT2D eigenvalue weighted by Gasteiger charge is -2.37. The molecule has 0 bridgehead atoms. The Labute approximate surface area is 158 Å². The van der Waals surface area contributed by atoms with Crippen LogP contribution < -0.4 is 0 Å². The molecule has 27 heavy (non-hydrogen) atoms. The Bertz CT molecular complexity index is 878. The molecule has 0 spiro atoms. The Morgan fingerprint density at radius 1 is 1.11 bits per heavy atom. The Morgan fingerprint density at radius 2 is 1.78 bits per heavy atom. The largest absolute Gasteiger partial charge is 0.381 e. The van der Waals surface area contributed by atoms with E-state index in [4.69, 9.17) is 4.74 Å². The second kappa shape index (κ2) is 7.29. The van der Waals surface area contributed by atoms with Gasteiger partial charge >= 0.3 is 0 Å². The van der Waals surface area contributed by atoms with Crippen LogP contribution in [0.15, 0.2) is 30.5 Å². The molecule has 4 rings (SSSR count). The van der Waals surface area contributed by atoms with Gasteiger partial charge in [-0.05, 0) is 17.7 Å². The van der Waals surface area contributed by atoms with Crippen LogP contribution in [0.1, 0.15) is 24.1 Å². The first kappa shape index (κ1) is 18.5. The summed E-state index contributed by atoms with van der Waals surface area (Å²) < 4.78 is 44.0. The molecule has 0 N–H and O–H groups in total. The van der Waals surface area contributed by atoms with Gasteiger partial charge in [-0.2, -0.15) is 0 Å². The van der Waals surface area contributed by atoms with Crippen molar-refractivity contribution in [3.63, 3.8) is 0 Å². The van der Waals surface area contributed by atoms with E-state index in [0.29, 0.717) is 32.8 Å². The third-order valence-electron chi connectivity index (χ3n) is 5.50. The molecule has 3 heterocycles. The number of aromatic nitrogens is 3. The van der Waals surface area contributed by atoms with Crippen LogP contribution in [-0.2, 0) is 26.7 Å². The second-order valence-electron chi connectivity index (χ2n) is 7.23. The van der Waals surface area contributed by atoms with Crippen molar-refractivity contribution >= 4 is 9.84 Å². The highest BCUT2D eigenvalue weighted by molar-refractivity contribution is 7.91. The summed E-state index contributed by atoms with van der Waals surface area (Å²) in [5.74, 6) is 0.121. The van der Waals surface area contributed by atoms with E-state index in [2.05, 4.69) is 15.2 Å². The number of benzene rings is 1. The van der Waals surface area contributed by atoms with Crippen LogP contribution in [-0.4, -0.2) is 66.1 Å². The van der Waals surface area contributed by atoms with E-state index in [9.17, 15) is 12.8 Å². The Balaban J connectivity index is 1.56. The molecule has 0 radical (unpaired) electrons. The molecule has 146 valence electrons. The van der Waals surface area contributed by atoms with Crippen LogP contribution >= 0.6 is 0 Å². The quantitative estimate of drug-likeness (QED) is 0.776. The van der Waals surface area contributed by atoms with Crippen molar-refractivity contribution in [3.05, 3.63) is 47.5 Å². The lowest BCUT2D eigenvalue weighted by Crippen LogP contribution is -2.41. The summed E-state index contributed by atoms with van der Waals surface area (Å²) in [7, 11) is -2.90. The van der Waals surface area contributed by atoms with Crippen LogP contribution in [0, 0.1) is 5.82 Å². The molecule has 0 unspecified atom stereocenters. The van der Waals surface area contributed by atoms with Crippen molar-refractivity contribution in [2.75, 3.05) is 37.8 Å². The van der Waals surface area contributed by atoms with Gasteiger partial charge in [0, 0.05) is 45.7 Å². The Kier molecular flexibility index (Phi) is 5.00. The lowest BCUT2D eigenvalue weighted by molar-refractivity contribution is 0.0330. The number of rotatable bonds is 4. The summed E-state index contributed by atoms with van der Waals surface area (Å²) >= 11 is 0. The van der Waals surface area contributed by atoms with Gasteiger partial charge in [-0.25, -0.2) is 17.5 Å². The van der Waals surface area contributed by atoms with Crippen LogP contribution in [0.4, 0.5) is 4.39 Å². The first-order valence-electron chi connectivity index (χ1n) is 9.15. The maximum Gasteiger partial charge on any atom is 0.152 e. The first-order valence-corrected chi connectivity index (χ1v) is 11.0. The zero-order valence-electron chi connectivity index (χ0n) is 15.1. The molecule has 2 saturated heterocycles. The highest BCUT2D eigenvalue weighted by atomic mass is 32.2. The van der Waals surface area contributed by atoms with Crippen molar-refractivity contribution in [2.45, 2.75) is 24.9 Å². The van der Waals surface area contributed by atoms with Gasteiger partial charge in [0.25, 0.3) is 0 Å². The highest BCUT2D eigenvalue weighted by Gasteiger charge is 2.38. The number of hydrogen-bond acceptors (Lipinski definition) is 6. The zero-order valence-corrected chi connectivity index (χ0v) is 15.9. The third-order valence-corrected chi connectivity index (χ3v) is 7.11. The van der Waals surface area contributed by atoms with Gasteiger partial charge in [0.15, 0.2) is 9.84 Å². The monoisotopic (exact) mass is 394 g/mol. The van der Waals surface area contributed by atoms with E-state index in [0.717, 1.165) is 24.1 Å². The molecule has 1 aromatic heterocycles. The fourth-order valence-electron chi connectivity index (χ4n) is 3.84. The fourth-order valence-corrected chi connectivity index (χ4v) is 5.11. The maximum atomic E-state index is 13.4. The van der Waals surface area contributed by atoms with E-state index in [1.165, 1.54) is 12.1 Å². The van der Waals surface area contributed by atoms with E-state index in [-0.39, 0.29) is 17.3 Å². The van der Waals surface area contributed by atoms with Gasteiger partial charge in [0.2, 0.25) is 0 Å². The molecular formula is C18H23FN4O3S. The fraction of sp³-hybridized carbons (Fsp3) is 0.556. The Hall–Kier alpha value is -1.84. The van der Waals surface area contributed by atoms with E-state index in [1.807, 2.05) is 10.9 Å². The molecule has 0 saturated carbocycles. The van der Waals surface area contributed by atoms with Gasteiger partial charge in [-0.1, -0.05) is 17.3 Å². The average molecular weight is 394 g/mol. The van der Waals surface area contributed by atoms with Crippen LogP contribution in [0.3, 0.4) is 0 Å². The Morgan fingerprint density at radius 3 is 2.44 bits per heavy atom. The smallest absolute Gasteiger partial charge is 0.152 e. The zero-order chi connectivity index (χ0) is 18.9. The topological polar surface area (TPSA) is 77.3 Å². The first-order chi connectivity index (χ1) is 13.0. The SMILES string of the molecule is O=S1(=O)CCN(Cc2cn(C3(c4ccc(F)cc4)CCOCC3)nn2)CC1. The molecule has 0 aliphatic carbocycles. The molecule has 0 amide bonds. The van der Waals surface area contributed by atoms with Gasteiger partial charge in [-0.15, -0.1) is 5.10 Å². The van der Waals surface area contributed by atoms with Crippen LogP contribution in [0.5, 0.6) is 0 Å². The highest BCUT2D eigenvalue weighted by Crippen LogP contribution is 2.36. The van der Waals surface area contributed by atoms with Crippen LogP contribution in [0.2, 0.25) is 0 Å². The lowest BCUT2D eigenvalue weighted by atomic mass is 9.83. The summed E-state index contributed by atoms with van der Waals surface area (Å²) in [6.07, 6.45) is 3.41. The van der Waals surface area contributed by atoms with Crippen molar-refractivity contribution in [3.8, 4) is 0 Å². The molecule has 9 heteroatoms. The number of halogens is 1. The predicted octanol–water partition coefficient (Wildman–Crippen LogP) is 1.20. The summed E-state index contributed by atoms with van der Waals surface area (Å²) in [6.45, 7) is 2.83. The molecule has 2 aromatic rings. The van der Waals surface area contributed by atoms with E-state index in [1.54, 1.807) is 12.1 Å². The third kappa shape index (κ3) is 3.90. The maximum absolute atomic E-state index is 13.4. The molecule has 1 aromatic carbocycles. The number of ether oxygens (including phenoxy) is 1. The molecule has 2 aliphatic heterocycles. The minimum atomic E-state index is -2.90. The predicted molar refractivity (Wildman–Crippen MR) is 97.5 cm³/mol. The minimum Gasteiger partial charge on any atom is -0.381 e. The minimum absolute atomic E-state index is 0.192. The second-order valence-corrected chi connectivity index (χ2v) is 9.54. The number of nitrogens with zero attached hydrogens (tertiary/aromatic N) is 4. The van der Waals surface area contributed by atoms with Gasteiger partial charge < -0.3 is 4.74 Å². The standard InChI is InChI=1S/C18H23FN4O3S/c19-16-3-1-15(2-4-16)18(5-9-26-10-6-18)23-14-17(20-21-23)13-22-7-11-27(24,25)12-8-22/h1-4,14H,5-13H2. The van der Waals surface area contributed by atoms with Crippen molar-refractivity contribution < 1.29 is 17.5 Å². The molecule has 2 fully saturated rings. The average Bonchev–Trinajstić information content (AvgIpc) is 3.14. The molecule has 7 nitrogen and oxygen atoms in total. The van der Waals surface area contributed by atoms with Gasteiger partial charge in [0.1, 0.15) is 5.82 Å². The van der Waals surface area contributed by atoms with E-state index >= 15 is 0 Å². The normalized spacial score (nSPS) is 22.6. The molecular weight excluding hydrogens is 371 g/mol. The van der Waals surface area contributed by atoms with Crippen molar-refractivity contribution in [2.24, 2.45) is 0 Å². The van der Waals surface area contributed by atoms with Gasteiger partial charge in [-0.3, -0.25) is 4.90 Å².